The van der Waals surface area contributed by atoms with Gasteiger partial charge in [0.1, 0.15) is 6.04 Å². The van der Waals surface area contributed by atoms with Crippen LogP contribution in [0.1, 0.15) is 37.7 Å². The normalized spacial score (nSPS) is 13.8. The molecule has 100 valence electrons. The lowest BCUT2D eigenvalue weighted by atomic mass is 10.2. The fourth-order valence-electron chi connectivity index (χ4n) is 1.24. The summed E-state index contributed by atoms with van der Waals surface area (Å²) in [5, 5.41) is 5.37. The molecule has 0 saturated heterocycles. The second kappa shape index (κ2) is 6.58. The van der Waals surface area contributed by atoms with Crippen molar-refractivity contribution >= 4 is 27.7 Å². The van der Waals surface area contributed by atoms with Crippen LogP contribution in [0, 0.1) is 0 Å². The highest BCUT2D eigenvalue weighted by molar-refractivity contribution is 9.10. The van der Waals surface area contributed by atoms with Crippen molar-refractivity contribution in [3.05, 3.63) is 22.6 Å². The van der Waals surface area contributed by atoms with Crippen molar-refractivity contribution in [2.24, 2.45) is 0 Å². The van der Waals surface area contributed by atoms with Gasteiger partial charge in [-0.25, -0.2) is 0 Å². The third kappa shape index (κ3) is 4.18. The zero-order valence-electron chi connectivity index (χ0n) is 10.6. The molecule has 2 amide bonds. The van der Waals surface area contributed by atoms with Crippen LogP contribution in [0.5, 0.6) is 0 Å². The highest BCUT2D eigenvalue weighted by Gasteiger charge is 2.19. The molecular weight excluding hydrogens is 300 g/mol. The number of nitrogens with one attached hydrogen (secondary N) is 2. The average molecular weight is 317 g/mol. The minimum absolute atomic E-state index is 0.0922. The van der Waals surface area contributed by atoms with Crippen molar-refractivity contribution in [1.82, 2.24) is 10.6 Å². The van der Waals surface area contributed by atoms with Gasteiger partial charge >= 0.3 is 0 Å². The Morgan fingerprint density at radius 3 is 2.50 bits per heavy atom. The fourth-order valence-corrected chi connectivity index (χ4v) is 1.55. The van der Waals surface area contributed by atoms with Crippen molar-refractivity contribution in [3.63, 3.8) is 0 Å². The molecular formula is C12H17BrN2O3. The lowest BCUT2D eigenvalue weighted by Gasteiger charge is -2.16. The Balaban J connectivity index is 2.51. The summed E-state index contributed by atoms with van der Waals surface area (Å²) in [6.07, 6.45) is 0.845. The van der Waals surface area contributed by atoms with Crippen molar-refractivity contribution in [2.45, 2.75) is 39.3 Å². The van der Waals surface area contributed by atoms with Gasteiger partial charge in [0.15, 0.2) is 10.4 Å². The summed E-state index contributed by atoms with van der Waals surface area (Å²) in [5.41, 5.74) is 0. The summed E-state index contributed by atoms with van der Waals surface area (Å²) in [6, 6.07) is 2.65. The summed E-state index contributed by atoms with van der Waals surface area (Å²) < 4.78 is 5.58. The number of furan rings is 1. The quantitative estimate of drug-likeness (QED) is 0.873. The van der Waals surface area contributed by atoms with Crippen LogP contribution < -0.4 is 10.6 Å². The number of hydrogen-bond acceptors (Lipinski definition) is 3. The van der Waals surface area contributed by atoms with Crippen LogP contribution in [-0.4, -0.2) is 23.9 Å². The van der Waals surface area contributed by atoms with Crippen LogP contribution in [0.4, 0.5) is 0 Å². The van der Waals surface area contributed by atoms with Gasteiger partial charge in [-0.1, -0.05) is 6.92 Å². The molecule has 0 fully saturated rings. The van der Waals surface area contributed by atoms with E-state index in [1.807, 2.05) is 13.8 Å². The van der Waals surface area contributed by atoms with Gasteiger partial charge in [-0.15, -0.1) is 0 Å². The molecule has 0 radical (unpaired) electrons. The van der Waals surface area contributed by atoms with Crippen molar-refractivity contribution in [3.8, 4) is 0 Å². The average Bonchev–Trinajstić information content (AvgIpc) is 2.75. The first-order valence-electron chi connectivity index (χ1n) is 5.80. The van der Waals surface area contributed by atoms with Gasteiger partial charge in [-0.05, 0) is 48.3 Å². The second-order valence-electron chi connectivity index (χ2n) is 4.12. The van der Waals surface area contributed by atoms with Gasteiger partial charge < -0.3 is 15.1 Å². The van der Waals surface area contributed by atoms with Crippen LogP contribution in [0.15, 0.2) is 21.2 Å². The highest BCUT2D eigenvalue weighted by atomic mass is 79.9. The monoisotopic (exact) mass is 316 g/mol. The first-order chi connectivity index (χ1) is 8.43. The molecule has 18 heavy (non-hydrogen) atoms. The molecule has 0 bridgehead atoms. The number of rotatable bonds is 5. The van der Waals surface area contributed by atoms with Crippen molar-refractivity contribution in [1.29, 1.82) is 0 Å². The Kier molecular flexibility index (Phi) is 5.40. The summed E-state index contributed by atoms with van der Waals surface area (Å²) in [6.45, 7) is 5.53. The molecule has 0 aromatic carbocycles. The van der Waals surface area contributed by atoms with Crippen LogP contribution in [0.3, 0.4) is 0 Å². The number of hydrogen-bond donors (Lipinski definition) is 2. The van der Waals surface area contributed by atoms with E-state index in [1.54, 1.807) is 19.1 Å². The maximum atomic E-state index is 11.7. The van der Waals surface area contributed by atoms with Gasteiger partial charge in [0.25, 0.3) is 5.91 Å². The standard InChI is InChI=1S/C12H17BrN2O3/c1-4-7(2)14-11(16)8(3)15-12(17)9-5-6-10(13)18-9/h5-8H,4H2,1-3H3,(H,14,16)(H,15,17). The number of amides is 2. The van der Waals surface area contributed by atoms with Crippen molar-refractivity contribution in [2.75, 3.05) is 0 Å². The molecule has 0 aliphatic rings. The number of halogens is 1. The Hall–Kier alpha value is -1.30. The van der Waals surface area contributed by atoms with Crippen LogP contribution >= 0.6 is 15.9 Å². The Labute approximate surface area is 114 Å². The Bertz CT molecular complexity index is 431. The molecule has 0 spiro atoms. The molecule has 2 atom stereocenters. The van der Waals surface area contributed by atoms with E-state index in [0.717, 1.165) is 6.42 Å². The van der Waals surface area contributed by atoms with Gasteiger partial charge in [0.2, 0.25) is 5.91 Å². The maximum absolute atomic E-state index is 11.7. The van der Waals surface area contributed by atoms with Gasteiger partial charge in [0.05, 0.1) is 0 Å². The fraction of sp³-hybridized carbons (Fsp3) is 0.500. The van der Waals surface area contributed by atoms with E-state index in [-0.39, 0.29) is 17.7 Å². The van der Waals surface area contributed by atoms with E-state index in [4.69, 9.17) is 4.42 Å². The van der Waals surface area contributed by atoms with Gasteiger partial charge in [-0.2, -0.15) is 0 Å². The van der Waals surface area contributed by atoms with E-state index in [9.17, 15) is 9.59 Å². The van der Waals surface area contributed by atoms with E-state index in [1.165, 1.54) is 0 Å². The van der Waals surface area contributed by atoms with Gasteiger partial charge in [-0.3, -0.25) is 9.59 Å². The van der Waals surface area contributed by atoms with E-state index >= 15 is 0 Å². The molecule has 2 N–H and O–H groups in total. The SMILES string of the molecule is CCC(C)NC(=O)C(C)NC(=O)c1ccc(Br)o1. The summed E-state index contributed by atoms with van der Waals surface area (Å²) in [5.74, 6) is -0.444. The lowest BCUT2D eigenvalue weighted by molar-refractivity contribution is -0.123. The molecule has 1 heterocycles. The number of carbonyl (C=O) groups excluding carboxylic acids is 2. The Morgan fingerprint density at radius 2 is 2.00 bits per heavy atom. The predicted octanol–water partition coefficient (Wildman–Crippen LogP) is 2.08. The zero-order chi connectivity index (χ0) is 13.7. The molecule has 1 aromatic heterocycles. The minimum atomic E-state index is -0.602. The molecule has 5 nitrogen and oxygen atoms in total. The molecule has 2 unspecified atom stereocenters. The predicted molar refractivity (Wildman–Crippen MR) is 71.2 cm³/mol. The van der Waals surface area contributed by atoms with Gasteiger partial charge in [0, 0.05) is 6.04 Å². The van der Waals surface area contributed by atoms with E-state index in [0.29, 0.717) is 4.67 Å². The summed E-state index contributed by atoms with van der Waals surface area (Å²) >= 11 is 3.11. The van der Waals surface area contributed by atoms with Crippen LogP contribution in [0.2, 0.25) is 0 Å². The molecule has 0 aliphatic heterocycles. The minimum Gasteiger partial charge on any atom is -0.444 e. The molecule has 0 saturated carbocycles. The molecule has 1 aromatic rings. The molecule has 0 aliphatic carbocycles. The van der Waals surface area contributed by atoms with E-state index in [2.05, 4.69) is 26.6 Å². The lowest BCUT2D eigenvalue weighted by Crippen LogP contribution is -2.47. The number of carbonyl (C=O) groups is 2. The molecule has 1 rings (SSSR count). The summed E-state index contributed by atoms with van der Waals surface area (Å²) in [4.78, 5) is 23.4. The third-order valence-corrected chi connectivity index (χ3v) is 2.97. The van der Waals surface area contributed by atoms with E-state index < -0.39 is 11.9 Å². The molecule has 6 heteroatoms. The smallest absolute Gasteiger partial charge is 0.287 e. The second-order valence-corrected chi connectivity index (χ2v) is 4.90. The van der Waals surface area contributed by atoms with Crippen LogP contribution in [-0.2, 0) is 4.79 Å². The largest absolute Gasteiger partial charge is 0.444 e. The first-order valence-corrected chi connectivity index (χ1v) is 6.60. The van der Waals surface area contributed by atoms with Crippen LogP contribution in [0.25, 0.3) is 0 Å². The topological polar surface area (TPSA) is 71.3 Å². The zero-order valence-corrected chi connectivity index (χ0v) is 12.2. The summed E-state index contributed by atoms with van der Waals surface area (Å²) in [7, 11) is 0. The first kappa shape index (κ1) is 14.8. The van der Waals surface area contributed by atoms with Crippen molar-refractivity contribution < 1.29 is 14.0 Å². The maximum Gasteiger partial charge on any atom is 0.287 e. The third-order valence-electron chi connectivity index (χ3n) is 2.54. The highest BCUT2D eigenvalue weighted by Crippen LogP contribution is 2.13. The Morgan fingerprint density at radius 1 is 1.33 bits per heavy atom.